The molecule has 3 rings (SSSR count). The first-order valence-electron chi connectivity index (χ1n) is 9.19. The maximum atomic E-state index is 12.5. The molecule has 0 atom stereocenters. The summed E-state index contributed by atoms with van der Waals surface area (Å²) in [5.41, 5.74) is 4.77. The zero-order valence-corrected chi connectivity index (χ0v) is 17.3. The van der Waals surface area contributed by atoms with Crippen LogP contribution in [0.5, 0.6) is 0 Å². The minimum absolute atomic E-state index is 0.239. The van der Waals surface area contributed by atoms with Crippen LogP contribution in [0.15, 0.2) is 48.5 Å². The lowest BCUT2D eigenvalue weighted by atomic mass is 10.1. The van der Waals surface area contributed by atoms with E-state index in [1.165, 1.54) is 7.11 Å². The van der Waals surface area contributed by atoms with Crippen molar-refractivity contribution in [3.05, 3.63) is 76.1 Å². The minimum atomic E-state index is -0.245. The maximum Gasteiger partial charge on any atom is 0.305 e. The zero-order chi connectivity index (χ0) is 21.0. The van der Waals surface area contributed by atoms with E-state index in [0.717, 1.165) is 22.6 Å². The molecule has 0 saturated heterocycles. The van der Waals surface area contributed by atoms with Gasteiger partial charge in [-0.05, 0) is 62.2 Å². The molecule has 2 aromatic carbocycles. The van der Waals surface area contributed by atoms with Crippen LogP contribution in [0, 0.1) is 13.8 Å². The molecule has 0 aliphatic rings. The summed E-state index contributed by atoms with van der Waals surface area (Å²) in [5, 5.41) is 7.88. The summed E-state index contributed by atoms with van der Waals surface area (Å²) >= 11 is 6.09. The standard InChI is InChI=1S/C22H22ClN3O3/c1-14-18(12-13-21(27)29-3)15(2)26(25-14)17-10-8-16(9-11-17)22(28)24-20-7-5-4-6-19(20)23/h4-11H,12-13H2,1-3H3,(H,24,28). The number of esters is 1. The molecule has 0 unspecified atom stereocenters. The summed E-state index contributed by atoms with van der Waals surface area (Å²) in [6.07, 6.45) is 0.883. The van der Waals surface area contributed by atoms with E-state index in [4.69, 9.17) is 16.3 Å². The fourth-order valence-corrected chi connectivity index (χ4v) is 3.31. The van der Waals surface area contributed by atoms with E-state index < -0.39 is 0 Å². The highest BCUT2D eigenvalue weighted by Gasteiger charge is 2.15. The van der Waals surface area contributed by atoms with Gasteiger partial charge < -0.3 is 10.1 Å². The molecule has 0 saturated carbocycles. The highest BCUT2D eigenvalue weighted by molar-refractivity contribution is 6.33. The fraction of sp³-hybridized carbons (Fsp3) is 0.227. The normalized spacial score (nSPS) is 10.6. The third-order valence-electron chi connectivity index (χ3n) is 4.74. The van der Waals surface area contributed by atoms with Crippen LogP contribution in [0.4, 0.5) is 5.69 Å². The van der Waals surface area contributed by atoms with Crippen molar-refractivity contribution in [3.63, 3.8) is 0 Å². The van der Waals surface area contributed by atoms with E-state index in [9.17, 15) is 9.59 Å². The number of aromatic nitrogens is 2. The highest BCUT2D eigenvalue weighted by atomic mass is 35.5. The number of halogens is 1. The van der Waals surface area contributed by atoms with Crippen LogP contribution < -0.4 is 5.32 Å². The summed E-state index contributed by atoms with van der Waals surface area (Å²) in [6.45, 7) is 3.88. The van der Waals surface area contributed by atoms with Crippen molar-refractivity contribution < 1.29 is 14.3 Å². The lowest BCUT2D eigenvalue weighted by molar-refractivity contribution is -0.140. The van der Waals surface area contributed by atoms with Crippen LogP contribution in [0.1, 0.15) is 33.7 Å². The Kier molecular flexibility index (Phi) is 6.34. The quantitative estimate of drug-likeness (QED) is 0.606. The number of hydrogen-bond acceptors (Lipinski definition) is 4. The van der Waals surface area contributed by atoms with Crippen molar-refractivity contribution in [2.24, 2.45) is 0 Å². The molecule has 1 heterocycles. The molecule has 1 N–H and O–H groups in total. The Bertz CT molecular complexity index is 1040. The minimum Gasteiger partial charge on any atom is -0.469 e. The van der Waals surface area contributed by atoms with Gasteiger partial charge in [0.25, 0.3) is 5.91 Å². The number of carbonyl (C=O) groups is 2. The molecule has 1 aromatic heterocycles. The Morgan fingerprint density at radius 3 is 2.45 bits per heavy atom. The second-order valence-electron chi connectivity index (χ2n) is 6.62. The van der Waals surface area contributed by atoms with Crippen LogP contribution in [0.25, 0.3) is 5.69 Å². The number of nitrogens with one attached hydrogen (secondary N) is 1. The van der Waals surface area contributed by atoms with Gasteiger partial charge in [0.2, 0.25) is 0 Å². The van der Waals surface area contributed by atoms with Gasteiger partial charge in [0.05, 0.1) is 29.2 Å². The van der Waals surface area contributed by atoms with E-state index in [1.54, 1.807) is 30.3 Å². The van der Waals surface area contributed by atoms with Crippen molar-refractivity contribution in [1.82, 2.24) is 9.78 Å². The third-order valence-corrected chi connectivity index (χ3v) is 5.07. The van der Waals surface area contributed by atoms with Gasteiger partial charge in [-0.2, -0.15) is 5.10 Å². The molecule has 150 valence electrons. The molecule has 0 fully saturated rings. The molecule has 0 aliphatic carbocycles. The molecule has 0 spiro atoms. The van der Waals surface area contributed by atoms with Crippen LogP contribution in [0.3, 0.4) is 0 Å². The van der Waals surface area contributed by atoms with Crippen LogP contribution >= 0.6 is 11.6 Å². The van der Waals surface area contributed by atoms with Crippen molar-refractivity contribution in [3.8, 4) is 5.69 Å². The summed E-state index contributed by atoms with van der Waals surface area (Å²) in [7, 11) is 1.38. The number of ether oxygens (including phenoxy) is 1. The van der Waals surface area contributed by atoms with Crippen molar-refractivity contribution in [2.75, 3.05) is 12.4 Å². The van der Waals surface area contributed by atoms with Crippen LogP contribution in [-0.2, 0) is 16.0 Å². The van der Waals surface area contributed by atoms with Crippen molar-refractivity contribution in [2.45, 2.75) is 26.7 Å². The number of carbonyl (C=O) groups excluding carboxylic acids is 2. The summed E-state index contributed by atoms with van der Waals surface area (Å²) in [6, 6.07) is 14.3. The second kappa shape index (κ2) is 8.92. The molecule has 7 heteroatoms. The molecule has 0 bridgehead atoms. The van der Waals surface area contributed by atoms with Gasteiger partial charge in [0.1, 0.15) is 0 Å². The number of hydrogen-bond donors (Lipinski definition) is 1. The Balaban J connectivity index is 1.77. The predicted molar refractivity (Wildman–Crippen MR) is 113 cm³/mol. The van der Waals surface area contributed by atoms with Gasteiger partial charge >= 0.3 is 5.97 Å². The lowest BCUT2D eigenvalue weighted by Gasteiger charge is -2.09. The zero-order valence-electron chi connectivity index (χ0n) is 16.5. The monoisotopic (exact) mass is 411 g/mol. The van der Waals surface area contributed by atoms with Gasteiger partial charge in [-0.1, -0.05) is 23.7 Å². The first-order valence-corrected chi connectivity index (χ1v) is 9.56. The number of anilines is 1. The smallest absolute Gasteiger partial charge is 0.305 e. The molecule has 1 amide bonds. The first-order chi connectivity index (χ1) is 13.9. The van der Waals surface area contributed by atoms with Gasteiger partial charge in [0.15, 0.2) is 0 Å². The van der Waals surface area contributed by atoms with E-state index in [1.807, 2.05) is 36.7 Å². The van der Waals surface area contributed by atoms with Gasteiger partial charge in [-0.15, -0.1) is 0 Å². The topological polar surface area (TPSA) is 73.2 Å². The number of nitrogens with zero attached hydrogens (tertiary/aromatic N) is 2. The third kappa shape index (κ3) is 4.66. The van der Waals surface area contributed by atoms with Gasteiger partial charge in [-0.25, -0.2) is 4.68 Å². The molecule has 0 radical (unpaired) electrons. The lowest BCUT2D eigenvalue weighted by Crippen LogP contribution is -2.12. The predicted octanol–water partition coefficient (Wildman–Crippen LogP) is 4.50. The van der Waals surface area contributed by atoms with E-state index in [0.29, 0.717) is 29.1 Å². The Hall–Kier alpha value is -3.12. The number of amides is 1. The summed E-state index contributed by atoms with van der Waals surface area (Å²) < 4.78 is 6.53. The SMILES string of the molecule is COC(=O)CCc1c(C)nn(-c2ccc(C(=O)Nc3ccccc3Cl)cc2)c1C. The van der Waals surface area contributed by atoms with E-state index >= 15 is 0 Å². The summed E-state index contributed by atoms with van der Waals surface area (Å²) in [4.78, 5) is 23.9. The van der Waals surface area contributed by atoms with Crippen molar-refractivity contribution in [1.29, 1.82) is 0 Å². The fourth-order valence-electron chi connectivity index (χ4n) is 3.13. The molecule has 29 heavy (non-hydrogen) atoms. The number of aryl methyl sites for hydroxylation is 1. The number of benzene rings is 2. The maximum absolute atomic E-state index is 12.5. The Labute approximate surface area is 174 Å². The van der Waals surface area contributed by atoms with Gasteiger partial charge in [-0.3, -0.25) is 9.59 Å². The molecule has 6 nitrogen and oxygen atoms in total. The Morgan fingerprint density at radius 2 is 1.79 bits per heavy atom. The van der Waals surface area contributed by atoms with E-state index in [2.05, 4.69) is 10.4 Å². The first kappa shape index (κ1) is 20.6. The molecular weight excluding hydrogens is 390 g/mol. The average Bonchev–Trinajstić information content (AvgIpc) is 3.01. The highest BCUT2D eigenvalue weighted by Crippen LogP contribution is 2.22. The van der Waals surface area contributed by atoms with Crippen LogP contribution in [-0.4, -0.2) is 28.8 Å². The van der Waals surface area contributed by atoms with Crippen LogP contribution in [0.2, 0.25) is 5.02 Å². The second-order valence-corrected chi connectivity index (χ2v) is 7.03. The largest absolute Gasteiger partial charge is 0.469 e. The molecule has 3 aromatic rings. The average molecular weight is 412 g/mol. The van der Waals surface area contributed by atoms with Crippen molar-refractivity contribution >= 4 is 29.2 Å². The number of para-hydroxylation sites is 1. The summed E-state index contributed by atoms with van der Waals surface area (Å²) in [5.74, 6) is -0.484. The van der Waals surface area contributed by atoms with E-state index in [-0.39, 0.29) is 11.9 Å². The number of methoxy groups -OCH3 is 1. The molecular formula is C22H22ClN3O3. The Morgan fingerprint density at radius 1 is 1.10 bits per heavy atom. The van der Waals surface area contributed by atoms with Gasteiger partial charge in [0, 0.05) is 17.7 Å². The number of rotatable bonds is 6. The molecule has 0 aliphatic heterocycles.